The van der Waals surface area contributed by atoms with E-state index < -0.39 is 5.60 Å². The van der Waals surface area contributed by atoms with E-state index in [2.05, 4.69) is 47.8 Å². The molecule has 4 nitrogen and oxygen atoms in total. The molecule has 25 heavy (non-hydrogen) atoms. The third-order valence-corrected chi connectivity index (χ3v) is 4.79. The third kappa shape index (κ3) is 4.13. The van der Waals surface area contributed by atoms with Crippen molar-refractivity contribution in [2.75, 3.05) is 20.1 Å². The maximum atomic E-state index is 12.3. The minimum atomic E-state index is -0.448. The molecule has 1 amide bonds. The van der Waals surface area contributed by atoms with Crippen LogP contribution in [0.25, 0.3) is 10.8 Å². The van der Waals surface area contributed by atoms with Crippen LogP contribution in [0.4, 0.5) is 4.79 Å². The van der Waals surface area contributed by atoms with Gasteiger partial charge in [0.2, 0.25) is 0 Å². The highest BCUT2D eigenvalue weighted by molar-refractivity contribution is 5.83. The first kappa shape index (κ1) is 17.7. The molecule has 1 N–H and O–H groups in total. The lowest BCUT2D eigenvalue weighted by Gasteiger charge is -2.26. The number of carbonyl (C=O) groups excluding carboxylic acids is 1. The molecule has 0 bridgehead atoms. The number of hydrogen-bond donors (Lipinski definition) is 1. The molecule has 1 aliphatic rings. The maximum Gasteiger partial charge on any atom is 0.410 e. The fourth-order valence-corrected chi connectivity index (χ4v) is 3.63. The normalized spacial score (nSPS) is 19.2. The van der Waals surface area contributed by atoms with Gasteiger partial charge in [-0.3, -0.25) is 0 Å². The molecule has 0 spiro atoms. The largest absolute Gasteiger partial charge is 0.444 e. The van der Waals surface area contributed by atoms with Gasteiger partial charge in [0.1, 0.15) is 5.60 Å². The quantitative estimate of drug-likeness (QED) is 0.903. The van der Waals surface area contributed by atoms with E-state index in [-0.39, 0.29) is 12.1 Å². The molecule has 2 unspecified atom stereocenters. The van der Waals surface area contributed by atoms with Gasteiger partial charge in [-0.1, -0.05) is 36.4 Å². The van der Waals surface area contributed by atoms with E-state index in [9.17, 15) is 4.79 Å². The zero-order valence-corrected chi connectivity index (χ0v) is 15.6. The molecule has 0 radical (unpaired) electrons. The minimum absolute atomic E-state index is 0.205. The Morgan fingerprint density at radius 2 is 1.92 bits per heavy atom. The van der Waals surface area contributed by atoms with Gasteiger partial charge >= 0.3 is 6.09 Å². The fraction of sp³-hybridized carbons (Fsp3) is 0.476. The SMILES string of the molecule is CNC(c1ccc2ccccc2c1)C1CCN(C(=O)OC(C)(C)C)C1. The van der Waals surface area contributed by atoms with E-state index in [1.165, 1.54) is 16.3 Å². The van der Waals surface area contributed by atoms with Crippen molar-refractivity contribution < 1.29 is 9.53 Å². The lowest BCUT2D eigenvalue weighted by atomic mass is 9.91. The Morgan fingerprint density at radius 1 is 1.20 bits per heavy atom. The van der Waals surface area contributed by atoms with Gasteiger partial charge < -0.3 is 15.0 Å². The highest BCUT2D eigenvalue weighted by atomic mass is 16.6. The molecule has 134 valence electrons. The third-order valence-electron chi connectivity index (χ3n) is 4.79. The molecule has 1 heterocycles. The Bertz CT molecular complexity index is 751. The summed E-state index contributed by atoms with van der Waals surface area (Å²) in [6.07, 6.45) is 0.778. The topological polar surface area (TPSA) is 41.6 Å². The second kappa shape index (κ2) is 7.04. The average molecular weight is 340 g/mol. The predicted octanol–water partition coefficient (Wildman–Crippen LogP) is 4.36. The monoisotopic (exact) mass is 340 g/mol. The number of benzene rings is 2. The van der Waals surface area contributed by atoms with Crippen LogP contribution in [0, 0.1) is 5.92 Å². The van der Waals surface area contributed by atoms with Crippen LogP contribution in [0.15, 0.2) is 42.5 Å². The van der Waals surface area contributed by atoms with Crippen molar-refractivity contribution in [3.05, 3.63) is 48.0 Å². The van der Waals surface area contributed by atoms with Gasteiger partial charge in [-0.2, -0.15) is 0 Å². The number of nitrogens with one attached hydrogen (secondary N) is 1. The summed E-state index contributed by atoms with van der Waals surface area (Å²) < 4.78 is 5.51. The summed E-state index contributed by atoms with van der Waals surface area (Å²) in [4.78, 5) is 14.1. The number of nitrogens with zero attached hydrogens (tertiary/aromatic N) is 1. The molecular formula is C21H28N2O2. The summed E-state index contributed by atoms with van der Waals surface area (Å²) >= 11 is 0. The van der Waals surface area contributed by atoms with Gasteiger partial charge in [-0.05, 0) is 62.6 Å². The summed E-state index contributed by atoms with van der Waals surface area (Å²) in [7, 11) is 2.00. The van der Waals surface area contributed by atoms with Crippen LogP contribution in [-0.4, -0.2) is 36.7 Å². The van der Waals surface area contributed by atoms with Crippen molar-refractivity contribution in [1.29, 1.82) is 0 Å². The van der Waals surface area contributed by atoms with Crippen LogP contribution in [0.1, 0.15) is 38.8 Å². The number of likely N-dealkylation sites (tertiary alicyclic amines) is 1. The van der Waals surface area contributed by atoms with Crippen LogP contribution in [0.5, 0.6) is 0 Å². The number of amides is 1. The van der Waals surface area contributed by atoms with Crippen LogP contribution in [0.3, 0.4) is 0 Å². The van der Waals surface area contributed by atoms with E-state index in [4.69, 9.17) is 4.74 Å². The number of ether oxygens (including phenoxy) is 1. The van der Waals surface area contributed by atoms with E-state index in [0.717, 1.165) is 19.5 Å². The van der Waals surface area contributed by atoms with Crippen molar-refractivity contribution in [2.45, 2.75) is 38.8 Å². The van der Waals surface area contributed by atoms with Crippen LogP contribution < -0.4 is 5.32 Å². The van der Waals surface area contributed by atoms with Gasteiger partial charge in [-0.25, -0.2) is 4.79 Å². The van der Waals surface area contributed by atoms with Crippen molar-refractivity contribution in [1.82, 2.24) is 10.2 Å². The molecule has 3 rings (SSSR count). The van der Waals surface area contributed by atoms with Crippen LogP contribution in [0.2, 0.25) is 0 Å². The van der Waals surface area contributed by atoms with Gasteiger partial charge in [0, 0.05) is 19.1 Å². The Balaban J connectivity index is 1.74. The molecule has 0 aliphatic carbocycles. The average Bonchev–Trinajstić information content (AvgIpc) is 3.04. The number of fused-ring (bicyclic) bond motifs is 1. The second-order valence-corrected chi connectivity index (χ2v) is 7.85. The van der Waals surface area contributed by atoms with Gasteiger partial charge in [0.25, 0.3) is 0 Å². The number of hydrogen-bond acceptors (Lipinski definition) is 3. The van der Waals surface area contributed by atoms with E-state index >= 15 is 0 Å². The Kier molecular flexibility index (Phi) is 5.00. The molecule has 1 saturated heterocycles. The maximum absolute atomic E-state index is 12.3. The standard InChI is InChI=1S/C21H28N2O2/c1-21(2,3)25-20(24)23-12-11-18(14-23)19(22-4)17-10-9-15-7-5-6-8-16(15)13-17/h5-10,13,18-19,22H,11-12,14H2,1-4H3. The Morgan fingerprint density at radius 3 is 2.60 bits per heavy atom. The molecule has 2 aromatic rings. The van der Waals surface area contributed by atoms with Crippen molar-refractivity contribution in [3.8, 4) is 0 Å². The molecule has 4 heteroatoms. The van der Waals surface area contributed by atoms with Gasteiger partial charge in [0.15, 0.2) is 0 Å². The first-order valence-electron chi connectivity index (χ1n) is 9.01. The smallest absolute Gasteiger partial charge is 0.410 e. The number of carbonyl (C=O) groups is 1. The van der Waals surface area contributed by atoms with Gasteiger partial charge in [-0.15, -0.1) is 0 Å². The van der Waals surface area contributed by atoms with Crippen LogP contribution in [-0.2, 0) is 4.74 Å². The zero-order valence-electron chi connectivity index (χ0n) is 15.6. The Hall–Kier alpha value is -2.07. The summed E-state index contributed by atoms with van der Waals surface area (Å²) in [5, 5.41) is 5.96. The zero-order chi connectivity index (χ0) is 18.0. The summed E-state index contributed by atoms with van der Waals surface area (Å²) in [6, 6.07) is 15.3. The Labute approximate surface area is 150 Å². The summed E-state index contributed by atoms with van der Waals surface area (Å²) in [5.41, 5.74) is 0.827. The molecule has 1 aliphatic heterocycles. The highest BCUT2D eigenvalue weighted by Gasteiger charge is 2.34. The predicted molar refractivity (Wildman–Crippen MR) is 102 cm³/mol. The summed E-state index contributed by atoms with van der Waals surface area (Å²) in [5.74, 6) is 0.388. The van der Waals surface area contributed by atoms with Gasteiger partial charge in [0.05, 0.1) is 0 Å². The van der Waals surface area contributed by atoms with Crippen LogP contribution >= 0.6 is 0 Å². The van der Waals surface area contributed by atoms with Crippen molar-refractivity contribution in [3.63, 3.8) is 0 Å². The van der Waals surface area contributed by atoms with Crippen molar-refractivity contribution in [2.24, 2.45) is 5.92 Å². The molecule has 0 aromatic heterocycles. The lowest BCUT2D eigenvalue weighted by Crippen LogP contribution is -2.36. The van der Waals surface area contributed by atoms with Crippen molar-refractivity contribution >= 4 is 16.9 Å². The fourth-order valence-electron chi connectivity index (χ4n) is 3.63. The van der Waals surface area contributed by atoms with E-state index in [1.807, 2.05) is 32.7 Å². The molecule has 2 aromatic carbocycles. The van der Waals surface area contributed by atoms with E-state index in [1.54, 1.807) is 0 Å². The summed E-state index contributed by atoms with van der Waals surface area (Å²) in [6.45, 7) is 7.20. The molecule has 1 fully saturated rings. The molecule has 2 atom stereocenters. The lowest BCUT2D eigenvalue weighted by molar-refractivity contribution is 0.0285. The first-order chi connectivity index (χ1) is 11.9. The second-order valence-electron chi connectivity index (χ2n) is 7.85. The highest BCUT2D eigenvalue weighted by Crippen LogP contribution is 2.32. The minimum Gasteiger partial charge on any atom is -0.444 e. The number of rotatable bonds is 3. The first-order valence-corrected chi connectivity index (χ1v) is 9.01. The molecule has 0 saturated carbocycles. The van der Waals surface area contributed by atoms with E-state index in [0.29, 0.717) is 5.92 Å². The molecular weight excluding hydrogens is 312 g/mol.